The quantitative estimate of drug-likeness (QED) is 0.714. The lowest BCUT2D eigenvalue weighted by atomic mass is 10.0. The van der Waals surface area contributed by atoms with Crippen molar-refractivity contribution in [1.82, 2.24) is 0 Å². The molecule has 1 heterocycles. The first-order valence-electron chi connectivity index (χ1n) is 9.10. The van der Waals surface area contributed by atoms with Crippen molar-refractivity contribution in [3.05, 3.63) is 83.4 Å². The fraction of sp³-hybridized carbons (Fsp3) is 0.174. The summed E-state index contributed by atoms with van der Waals surface area (Å²) in [5.41, 5.74) is 4.26. The Morgan fingerprint density at radius 2 is 1.68 bits per heavy atom. The minimum absolute atomic E-state index is 0.0546. The summed E-state index contributed by atoms with van der Waals surface area (Å²) >= 11 is 0. The Kier molecular flexibility index (Phi) is 4.65. The Morgan fingerprint density at radius 3 is 2.39 bits per heavy atom. The van der Waals surface area contributed by atoms with Crippen LogP contribution in [0.5, 0.6) is 11.5 Å². The van der Waals surface area contributed by atoms with E-state index in [0.717, 1.165) is 22.5 Å². The summed E-state index contributed by atoms with van der Waals surface area (Å²) in [7, 11) is 3.23. The van der Waals surface area contributed by atoms with Gasteiger partial charge in [-0.3, -0.25) is 9.69 Å². The second-order valence-corrected chi connectivity index (χ2v) is 6.71. The van der Waals surface area contributed by atoms with E-state index in [1.54, 1.807) is 19.1 Å². The molecule has 0 saturated heterocycles. The molecule has 4 rings (SSSR count). The predicted molar refractivity (Wildman–Crippen MR) is 110 cm³/mol. The largest absolute Gasteiger partial charge is 0.497 e. The molecule has 0 fully saturated rings. The monoisotopic (exact) mass is 374 g/mol. The first-order chi connectivity index (χ1) is 13.6. The second-order valence-electron chi connectivity index (χ2n) is 6.71. The fourth-order valence-corrected chi connectivity index (χ4v) is 3.49. The van der Waals surface area contributed by atoms with E-state index in [4.69, 9.17) is 9.47 Å². The molecule has 0 aromatic heterocycles. The van der Waals surface area contributed by atoms with Gasteiger partial charge in [0.1, 0.15) is 17.7 Å². The smallest absolute Gasteiger partial charge is 0.262 e. The van der Waals surface area contributed by atoms with Crippen LogP contribution in [0.25, 0.3) is 0 Å². The Hall–Kier alpha value is -3.47. The minimum Gasteiger partial charge on any atom is -0.497 e. The molecule has 3 aromatic carbocycles. The molecule has 0 spiro atoms. The van der Waals surface area contributed by atoms with E-state index in [1.165, 1.54) is 0 Å². The molecule has 1 N–H and O–H groups in total. The average molecular weight is 374 g/mol. The van der Waals surface area contributed by atoms with Gasteiger partial charge in [0, 0.05) is 23.0 Å². The molecule has 0 bridgehead atoms. The van der Waals surface area contributed by atoms with Gasteiger partial charge in [-0.15, -0.1) is 0 Å². The second kappa shape index (κ2) is 7.27. The molecule has 5 heteroatoms. The molecule has 0 saturated carbocycles. The molecule has 1 aliphatic heterocycles. The van der Waals surface area contributed by atoms with Gasteiger partial charge in [-0.1, -0.05) is 29.8 Å². The zero-order chi connectivity index (χ0) is 19.7. The molecule has 1 amide bonds. The van der Waals surface area contributed by atoms with Gasteiger partial charge in [0.15, 0.2) is 0 Å². The summed E-state index contributed by atoms with van der Waals surface area (Å²) in [5.74, 6) is 1.30. The van der Waals surface area contributed by atoms with Gasteiger partial charge < -0.3 is 14.8 Å². The molecule has 1 unspecified atom stereocenters. The number of fused-ring (bicyclic) bond motifs is 1. The number of aryl methyl sites for hydroxylation is 1. The molecule has 3 aromatic rings. The van der Waals surface area contributed by atoms with Crippen molar-refractivity contribution in [2.75, 3.05) is 24.4 Å². The maximum Gasteiger partial charge on any atom is 0.262 e. The number of nitrogens with zero attached hydrogens (tertiary/aromatic N) is 1. The molecule has 1 aliphatic rings. The molecule has 142 valence electrons. The average Bonchev–Trinajstić information content (AvgIpc) is 2.74. The van der Waals surface area contributed by atoms with E-state index in [9.17, 15) is 4.79 Å². The Morgan fingerprint density at radius 1 is 0.929 bits per heavy atom. The van der Waals surface area contributed by atoms with E-state index in [1.807, 2.05) is 73.7 Å². The van der Waals surface area contributed by atoms with Crippen molar-refractivity contribution >= 4 is 17.3 Å². The van der Waals surface area contributed by atoms with Gasteiger partial charge in [-0.25, -0.2) is 0 Å². The number of para-hydroxylation sites is 1. The van der Waals surface area contributed by atoms with Crippen LogP contribution in [0.3, 0.4) is 0 Å². The van der Waals surface area contributed by atoms with Crippen LogP contribution in [0.15, 0.2) is 66.7 Å². The SMILES string of the molecule is COc1ccc(C2Nc3ccccc3C(=O)N2c2ccc(C)cc2)c(OC)c1. The van der Waals surface area contributed by atoms with E-state index in [2.05, 4.69) is 5.32 Å². The summed E-state index contributed by atoms with van der Waals surface area (Å²) in [5, 5.41) is 3.50. The van der Waals surface area contributed by atoms with Gasteiger partial charge in [0.05, 0.1) is 19.8 Å². The predicted octanol–water partition coefficient (Wildman–Crippen LogP) is 4.78. The summed E-state index contributed by atoms with van der Waals surface area (Å²) in [6, 6.07) is 21.1. The molecular formula is C23H22N2O3. The highest BCUT2D eigenvalue weighted by Crippen LogP contribution is 2.40. The maximum atomic E-state index is 13.4. The molecule has 0 aliphatic carbocycles. The number of carbonyl (C=O) groups excluding carboxylic acids is 1. The number of ether oxygens (including phenoxy) is 2. The van der Waals surface area contributed by atoms with Crippen LogP contribution in [0, 0.1) is 6.92 Å². The van der Waals surface area contributed by atoms with Gasteiger partial charge in [0.25, 0.3) is 5.91 Å². The van der Waals surface area contributed by atoms with Gasteiger partial charge in [0.2, 0.25) is 0 Å². The zero-order valence-corrected chi connectivity index (χ0v) is 16.1. The Balaban J connectivity index is 1.88. The van der Waals surface area contributed by atoms with Crippen molar-refractivity contribution in [1.29, 1.82) is 0 Å². The van der Waals surface area contributed by atoms with Crippen LogP contribution < -0.4 is 19.7 Å². The molecular weight excluding hydrogens is 352 g/mol. The van der Waals surface area contributed by atoms with E-state index >= 15 is 0 Å². The number of hydrogen-bond donors (Lipinski definition) is 1. The van der Waals surface area contributed by atoms with Gasteiger partial charge in [-0.2, -0.15) is 0 Å². The first kappa shape index (κ1) is 17.9. The lowest BCUT2D eigenvalue weighted by Gasteiger charge is -2.38. The first-order valence-corrected chi connectivity index (χ1v) is 9.10. The topological polar surface area (TPSA) is 50.8 Å². The third kappa shape index (κ3) is 3.05. The fourth-order valence-electron chi connectivity index (χ4n) is 3.49. The van der Waals surface area contributed by atoms with Crippen LogP contribution in [0.4, 0.5) is 11.4 Å². The summed E-state index contributed by atoms with van der Waals surface area (Å²) < 4.78 is 10.9. The number of methoxy groups -OCH3 is 2. The third-order valence-corrected chi connectivity index (χ3v) is 4.97. The lowest BCUT2D eigenvalue weighted by molar-refractivity contribution is 0.0974. The number of benzene rings is 3. The van der Waals surface area contributed by atoms with Gasteiger partial charge >= 0.3 is 0 Å². The summed E-state index contributed by atoms with van der Waals surface area (Å²) in [6.07, 6.45) is -0.411. The molecule has 1 atom stereocenters. The molecule has 5 nitrogen and oxygen atoms in total. The third-order valence-electron chi connectivity index (χ3n) is 4.97. The van der Waals surface area contributed by atoms with Crippen LogP contribution in [0.1, 0.15) is 27.7 Å². The van der Waals surface area contributed by atoms with Gasteiger partial charge in [-0.05, 0) is 43.3 Å². The zero-order valence-electron chi connectivity index (χ0n) is 16.1. The van der Waals surface area contributed by atoms with E-state index < -0.39 is 6.17 Å². The number of carbonyl (C=O) groups is 1. The van der Waals surface area contributed by atoms with Crippen molar-refractivity contribution in [3.8, 4) is 11.5 Å². The summed E-state index contributed by atoms with van der Waals surface area (Å²) in [6.45, 7) is 2.03. The highest BCUT2D eigenvalue weighted by Gasteiger charge is 2.35. The number of amides is 1. The van der Waals surface area contributed by atoms with Crippen LogP contribution in [-0.2, 0) is 0 Å². The summed E-state index contributed by atoms with van der Waals surface area (Å²) in [4.78, 5) is 15.2. The number of anilines is 2. The minimum atomic E-state index is -0.411. The normalized spacial score (nSPS) is 15.6. The number of rotatable bonds is 4. The molecule has 28 heavy (non-hydrogen) atoms. The van der Waals surface area contributed by atoms with Crippen molar-refractivity contribution < 1.29 is 14.3 Å². The van der Waals surface area contributed by atoms with Crippen LogP contribution >= 0.6 is 0 Å². The number of hydrogen-bond acceptors (Lipinski definition) is 4. The van der Waals surface area contributed by atoms with Crippen molar-refractivity contribution in [3.63, 3.8) is 0 Å². The Labute approximate surface area is 164 Å². The number of nitrogens with one attached hydrogen (secondary N) is 1. The van der Waals surface area contributed by atoms with Crippen LogP contribution in [0.2, 0.25) is 0 Å². The highest BCUT2D eigenvalue weighted by molar-refractivity contribution is 6.12. The Bertz CT molecular complexity index is 1010. The van der Waals surface area contributed by atoms with Crippen LogP contribution in [-0.4, -0.2) is 20.1 Å². The standard InChI is InChI=1S/C23H22N2O3/c1-15-8-10-16(11-9-15)25-22(19-13-12-17(27-2)14-21(19)28-3)24-20-7-5-4-6-18(20)23(25)26/h4-14,22,24H,1-3H3. The van der Waals surface area contributed by atoms with E-state index in [-0.39, 0.29) is 5.91 Å². The van der Waals surface area contributed by atoms with E-state index in [0.29, 0.717) is 17.1 Å². The maximum absolute atomic E-state index is 13.4. The molecule has 0 radical (unpaired) electrons. The van der Waals surface area contributed by atoms with Crippen molar-refractivity contribution in [2.45, 2.75) is 13.1 Å². The highest BCUT2D eigenvalue weighted by atomic mass is 16.5. The lowest BCUT2D eigenvalue weighted by Crippen LogP contribution is -2.43. The van der Waals surface area contributed by atoms with Crippen molar-refractivity contribution in [2.24, 2.45) is 0 Å².